The fourth-order valence-corrected chi connectivity index (χ4v) is 1.83. The molecule has 9 heteroatoms. The van der Waals surface area contributed by atoms with Crippen LogP contribution in [-0.4, -0.2) is 19.4 Å². The lowest BCUT2D eigenvalue weighted by Crippen LogP contribution is -2.14. The monoisotopic (exact) mass is 310 g/mol. The number of imidazole rings is 1. The summed E-state index contributed by atoms with van der Waals surface area (Å²) in [5, 5.41) is 0. The first kappa shape index (κ1) is 14.1. The second kappa shape index (κ2) is 5.17. The van der Waals surface area contributed by atoms with Crippen molar-refractivity contribution in [3.05, 3.63) is 58.5 Å². The quantitative estimate of drug-likeness (QED) is 0.803. The Bertz CT molecular complexity index is 869. The maximum atomic E-state index is 12.4. The number of ether oxygens (including phenoxy) is 1. The second-order valence-electron chi connectivity index (χ2n) is 4.39. The number of hydrogen-bond donors (Lipinski definition) is 1. The van der Waals surface area contributed by atoms with Gasteiger partial charge in [0.25, 0.3) is 5.56 Å². The minimum Gasteiger partial charge on any atom is -0.469 e. The Labute approximate surface area is 121 Å². The van der Waals surface area contributed by atoms with Crippen LogP contribution in [0.1, 0.15) is 11.5 Å². The second-order valence-corrected chi connectivity index (χ2v) is 4.39. The highest BCUT2D eigenvalue weighted by molar-refractivity contribution is 5.39. The van der Waals surface area contributed by atoms with Gasteiger partial charge in [-0.05, 0) is 12.1 Å². The van der Waals surface area contributed by atoms with Crippen molar-refractivity contribution in [1.82, 2.24) is 19.4 Å². The highest BCUT2D eigenvalue weighted by Crippen LogP contribution is 2.27. The Balaban J connectivity index is 1.79. The molecular formula is C13H9F3N4O2. The van der Waals surface area contributed by atoms with Crippen molar-refractivity contribution in [2.45, 2.75) is 12.8 Å². The number of nitrogens with zero attached hydrogens (tertiary/aromatic N) is 3. The van der Waals surface area contributed by atoms with E-state index in [1.807, 2.05) is 0 Å². The zero-order valence-corrected chi connectivity index (χ0v) is 11.0. The van der Waals surface area contributed by atoms with Crippen LogP contribution in [0.25, 0.3) is 5.65 Å². The molecule has 6 nitrogen and oxygen atoms in total. The maximum Gasteiger partial charge on any atom is 0.432 e. The smallest absolute Gasteiger partial charge is 0.432 e. The predicted octanol–water partition coefficient (Wildman–Crippen LogP) is 2.02. The van der Waals surface area contributed by atoms with Crippen LogP contribution in [0.5, 0.6) is 5.88 Å². The van der Waals surface area contributed by atoms with E-state index >= 15 is 0 Å². The minimum atomic E-state index is -4.49. The molecule has 3 aromatic rings. The first-order chi connectivity index (χ1) is 10.4. The van der Waals surface area contributed by atoms with Crippen LogP contribution in [0.4, 0.5) is 13.2 Å². The summed E-state index contributed by atoms with van der Waals surface area (Å²) in [6.07, 6.45) is -2.26. The standard InChI is InChI=1S/C13H9F3N4O2/c14-13(15,16)8-6-17-9(18-8)7-22-11-5-12(21)20-4-2-1-3-10(20)19-11/h1-6H,7H2,(H,17,18). The summed E-state index contributed by atoms with van der Waals surface area (Å²) in [4.78, 5) is 21.6. The van der Waals surface area contributed by atoms with E-state index in [2.05, 4.69) is 15.0 Å². The van der Waals surface area contributed by atoms with E-state index in [4.69, 9.17) is 4.74 Å². The summed E-state index contributed by atoms with van der Waals surface area (Å²) in [5.41, 5.74) is -0.936. The van der Waals surface area contributed by atoms with Gasteiger partial charge in [-0.25, -0.2) is 4.98 Å². The number of rotatable bonds is 3. The van der Waals surface area contributed by atoms with Gasteiger partial charge in [-0.15, -0.1) is 0 Å². The van der Waals surface area contributed by atoms with E-state index in [-0.39, 0.29) is 23.9 Å². The first-order valence-corrected chi connectivity index (χ1v) is 6.16. The molecule has 0 bridgehead atoms. The molecule has 0 atom stereocenters. The molecule has 1 N–H and O–H groups in total. The summed E-state index contributed by atoms with van der Waals surface area (Å²) >= 11 is 0. The molecule has 3 rings (SSSR count). The normalized spacial score (nSPS) is 11.8. The summed E-state index contributed by atoms with van der Waals surface area (Å²) in [7, 11) is 0. The van der Waals surface area contributed by atoms with Crippen LogP contribution in [0, 0.1) is 0 Å². The van der Waals surface area contributed by atoms with E-state index < -0.39 is 11.9 Å². The molecule has 114 valence electrons. The molecule has 3 heterocycles. The van der Waals surface area contributed by atoms with E-state index in [1.54, 1.807) is 24.4 Å². The van der Waals surface area contributed by atoms with Crippen molar-refractivity contribution in [1.29, 1.82) is 0 Å². The third kappa shape index (κ3) is 2.78. The third-order valence-electron chi connectivity index (χ3n) is 2.84. The minimum absolute atomic E-state index is 0.0117. The number of aromatic amines is 1. The lowest BCUT2D eigenvalue weighted by molar-refractivity contribution is -0.141. The largest absolute Gasteiger partial charge is 0.469 e. The van der Waals surface area contributed by atoms with E-state index in [1.165, 1.54) is 4.40 Å². The van der Waals surface area contributed by atoms with Gasteiger partial charge in [-0.1, -0.05) is 6.07 Å². The van der Waals surface area contributed by atoms with E-state index in [9.17, 15) is 18.0 Å². The SMILES string of the molecule is O=c1cc(OCc2ncc(C(F)(F)F)[nH]2)nc2ccccn12. The zero-order chi connectivity index (χ0) is 15.7. The molecule has 3 aromatic heterocycles. The van der Waals surface area contributed by atoms with Gasteiger partial charge in [0, 0.05) is 6.20 Å². The first-order valence-electron chi connectivity index (χ1n) is 6.16. The Morgan fingerprint density at radius 1 is 1.32 bits per heavy atom. The third-order valence-corrected chi connectivity index (χ3v) is 2.84. The number of halogens is 3. The van der Waals surface area contributed by atoms with Crippen molar-refractivity contribution in [3.8, 4) is 5.88 Å². The van der Waals surface area contributed by atoms with Crippen LogP contribution in [0.2, 0.25) is 0 Å². The van der Waals surface area contributed by atoms with Crippen LogP contribution >= 0.6 is 0 Å². The lowest BCUT2D eigenvalue weighted by Gasteiger charge is -2.05. The molecule has 0 aliphatic heterocycles. The van der Waals surface area contributed by atoms with Crippen molar-refractivity contribution >= 4 is 5.65 Å². The topological polar surface area (TPSA) is 72.3 Å². The van der Waals surface area contributed by atoms with Gasteiger partial charge >= 0.3 is 6.18 Å². The maximum absolute atomic E-state index is 12.4. The average molecular weight is 310 g/mol. The zero-order valence-electron chi connectivity index (χ0n) is 11.0. The molecule has 0 saturated carbocycles. The number of H-pyrrole nitrogens is 1. The molecule has 0 aromatic carbocycles. The van der Waals surface area contributed by atoms with Gasteiger partial charge in [-0.2, -0.15) is 18.2 Å². The predicted molar refractivity (Wildman–Crippen MR) is 69.4 cm³/mol. The van der Waals surface area contributed by atoms with Crippen molar-refractivity contribution in [2.75, 3.05) is 0 Å². The summed E-state index contributed by atoms with van der Waals surface area (Å²) in [6, 6.07) is 6.15. The number of aromatic nitrogens is 4. The Morgan fingerprint density at radius 2 is 2.14 bits per heavy atom. The summed E-state index contributed by atoms with van der Waals surface area (Å²) in [5.74, 6) is 0.00328. The highest BCUT2D eigenvalue weighted by atomic mass is 19.4. The molecule has 0 spiro atoms. The Hall–Kier alpha value is -2.84. The van der Waals surface area contributed by atoms with Gasteiger partial charge in [0.05, 0.1) is 12.3 Å². The molecule has 0 fully saturated rings. The number of pyridine rings is 1. The summed E-state index contributed by atoms with van der Waals surface area (Å²) in [6.45, 7) is -0.258. The molecule has 22 heavy (non-hydrogen) atoms. The Morgan fingerprint density at radius 3 is 2.86 bits per heavy atom. The number of alkyl halides is 3. The molecule has 0 unspecified atom stereocenters. The molecule has 0 aliphatic carbocycles. The number of nitrogens with one attached hydrogen (secondary N) is 1. The van der Waals surface area contributed by atoms with Crippen LogP contribution in [0.3, 0.4) is 0 Å². The van der Waals surface area contributed by atoms with Crippen LogP contribution in [-0.2, 0) is 12.8 Å². The fourth-order valence-electron chi connectivity index (χ4n) is 1.83. The molecular weight excluding hydrogens is 301 g/mol. The molecule has 0 radical (unpaired) electrons. The van der Waals surface area contributed by atoms with Crippen molar-refractivity contribution in [3.63, 3.8) is 0 Å². The van der Waals surface area contributed by atoms with Crippen molar-refractivity contribution < 1.29 is 17.9 Å². The van der Waals surface area contributed by atoms with Gasteiger partial charge in [-0.3, -0.25) is 9.20 Å². The molecule has 0 saturated heterocycles. The van der Waals surface area contributed by atoms with E-state index in [0.717, 1.165) is 6.07 Å². The molecule has 0 amide bonds. The molecule has 0 aliphatic rings. The van der Waals surface area contributed by atoms with Gasteiger partial charge < -0.3 is 9.72 Å². The number of hydrogen-bond acceptors (Lipinski definition) is 4. The van der Waals surface area contributed by atoms with Gasteiger partial charge in [0.1, 0.15) is 23.8 Å². The number of fused-ring (bicyclic) bond motifs is 1. The van der Waals surface area contributed by atoms with E-state index in [0.29, 0.717) is 11.8 Å². The fraction of sp³-hybridized carbons (Fsp3) is 0.154. The Kier molecular flexibility index (Phi) is 3.32. The van der Waals surface area contributed by atoms with Gasteiger partial charge in [0.2, 0.25) is 5.88 Å². The van der Waals surface area contributed by atoms with Crippen LogP contribution < -0.4 is 10.3 Å². The summed E-state index contributed by atoms with van der Waals surface area (Å²) < 4.78 is 43.8. The average Bonchev–Trinajstić information content (AvgIpc) is 2.94. The lowest BCUT2D eigenvalue weighted by atomic mass is 10.4. The highest BCUT2D eigenvalue weighted by Gasteiger charge is 2.32. The van der Waals surface area contributed by atoms with Crippen LogP contribution in [0.15, 0.2) is 41.5 Å². The van der Waals surface area contributed by atoms with Gasteiger partial charge in [0.15, 0.2) is 0 Å². The van der Waals surface area contributed by atoms with Crippen molar-refractivity contribution in [2.24, 2.45) is 0 Å².